The molecule has 0 aliphatic carbocycles. The van der Waals surface area contributed by atoms with Gasteiger partial charge in [-0.2, -0.15) is 0 Å². The lowest BCUT2D eigenvalue weighted by atomic mass is 9.94. The van der Waals surface area contributed by atoms with E-state index in [0.29, 0.717) is 30.3 Å². The highest BCUT2D eigenvalue weighted by Gasteiger charge is 2.46. The lowest BCUT2D eigenvalue weighted by molar-refractivity contribution is -0.140. The molecule has 34 heavy (non-hydrogen) atoms. The van der Waals surface area contributed by atoms with Crippen molar-refractivity contribution in [3.05, 3.63) is 101 Å². The van der Waals surface area contributed by atoms with Gasteiger partial charge < -0.3 is 19.5 Å². The van der Waals surface area contributed by atoms with Gasteiger partial charge in [0.2, 0.25) is 0 Å². The summed E-state index contributed by atoms with van der Waals surface area (Å²) in [6.07, 6.45) is 0.877. The zero-order chi connectivity index (χ0) is 23.7. The number of ether oxygens (including phenoxy) is 2. The molecule has 0 saturated carbocycles. The number of fused-ring (bicyclic) bond motifs is 1. The van der Waals surface area contributed by atoms with E-state index in [1.165, 1.54) is 4.90 Å². The van der Waals surface area contributed by atoms with E-state index in [1.807, 2.05) is 54.6 Å². The number of ketones is 1. The quantitative estimate of drug-likeness (QED) is 0.345. The van der Waals surface area contributed by atoms with Crippen LogP contribution in [0.1, 0.15) is 35.2 Å². The van der Waals surface area contributed by atoms with Gasteiger partial charge in [-0.05, 0) is 41.3 Å². The number of hydrogen-bond acceptors (Lipinski definition) is 5. The molecule has 1 saturated heterocycles. The van der Waals surface area contributed by atoms with Crippen molar-refractivity contribution >= 4 is 17.4 Å². The molecule has 2 aliphatic rings. The number of carbonyl (C=O) groups excluding carboxylic acids is 2. The molecular weight excluding hydrogens is 430 g/mol. The summed E-state index contributed by atoms with van der Waals surface area (Å²) in [5.74, 6) is -0.479. The molecule has 0 unspecified atom stereocenters. The van der Waals surface area contributed by atoms with E-state index in [1.54, 1.807) is 18.2 Å². The first-order chi connectivity index (χ1) is 16.6. The highest BCUT2D eigenvalue weighted by molar-refractivity contribution is 6.46. The lowest BCUT2D eigenvalue weighted by Crippen LogP contribution is -2.29. The minimum absolute atomic E-state index is 0.0712. The first-order valence-corrected chi connectivity index (χ1v) is 11.4. The number of benzene rings is 3. The van der Waals surface area contributed by atoms with Gasteiger partial charge in [0, 0.05) is 12.1 Å². The molecule has 0 spiro atoms. The molecule has 2 heterocycles. The van der Waals surface area contributed by atoms with E-state index in [9.17, 15) is 14.7 Å². The maximum atomic E-state index is 13.3. The molecule has 3 aromatic rings. The summed E-state index contributed by atoms with van der Waals surface area (Å²) in [5, 5.41) is 11.3. The summed E-state index contributed by atoms with van der Waals surface area (Å²) in [5.41, 5.74) is 3.29. The Labute approximate surface area is 198 Å². The second kappa shape index (κ2) is 9.06. The van der Waals surface area contributed by atoms with Crippen molar-refractivity contribution < 1.29 is 24.2 Å². The number of aryl methyl sites for hydroxylation is 1. The number of Topliss-reactive ketones (excluding diaryl/α,β-unsaturated/α-hetero) is 1. The third kappa shape index (κ3) is 3.92. The Balaban J connectivity index is 1.62. The van der Waals surface area contributed by atoms with Crippen molar-refractivity contribution in [1.82, 2.24) is 4.90 Å². The Bertz CT molecular complexity index is 1260. The molecule has 5 rings (SSSR count). The van der Waals surface area contributed by atoms with Crippen LogP contribution in [0.3, 0.4) is 0 Å². The molecular formula is C28H25NO5. The van der Waals surface area contributed by atoms with Crippen molar-refractivity contribution in [3.63, 3.8) is 0 Å². The predicted molar refractivity (Wildman–Crippen MR) is 128 cm³/mol. The molecule has 172 valence electrons. The van der Waals surface area contributed by atoms with Crippen LogP contribution in [0.4, 0.5) is 0 Å². The number of aliphatic hydroxyl groups is 1. The fourth-order valence-electron chi connectivity index (χ4n) is 4.45. The topological polar surface area (TPSA) is 76.1 Å². The van der Waals surface area contributed by atoms with Crippen LogP contribution in [0, 0.1) is 0 Å². The Morgan fingerprint density at radius 1 is 0.912 bits per heavy atom. The number of hydrogen-bond donors (Lipinski definition) is 1. The van der Waals surface area contributed by atoms with Crippen molar-refractivity contribution in [3.8, 4) is 11.5 Å². The first kappa shape index (κ1) is 21.8. The highest BCUT2D eigenvalue weighted by Crippen LogP contribution is 2.41. The van der Waals surface area contributed by atoms with Gasteiger partial charge in [-0.3, -0.25) is 9.59 Å². The minimum Gasteiger partial charge on any atom is -0.507 e. The van der Waals surface area contributed by atoms with Gasteiger partial charge in [-0.1, -0.05) is 61.5 Å². The number of amides is 1. The normalized spacial score (nSPS) is 18.9. The maximum Gasteiger partial charge on any atom is 0.295 e. The summed E-state index contributed by atoms with van der Waals surface area (Å²) in [7, 11) is 0. The van der Waals surface area contributed by atoms with Crippen LogP contribution in [0.25, 0.3) is 5.76 Å². The van der Waals surface area contributed by atoms with Gasteiger partial charge in [0.05, 0.1) is 11.6 Å². The van der Waals surface area contributed by atoms with E-state index < -0.39 is 17.7 Å². The van der Waals surface area contributed by atoms with Crippen LogP contribution in [0.15, 0.2) is 78.4 Å². The largest absolute Gasteiger partial charge is 0.507 e. The smallest absolute Gasteiger partial charge is 0.295 e. The van der Waals surface area contributed by atoms with Crippen molar-refractivity contribution in [2.24, 2.45) is 0 Å². The van der Waals surface area contributed by atoms with Gasteiger partial charge in [0.25, 0.3) is 11.7 Å². The fraction of sp³-hybridized carbons (Fsp3) is 0.214. The molecule has 1 atom stereocenters. The van der Waals surface area contributed by atoms with Crippen LogP contribution in [0.2, 0.25) is 0 Å². The Hall–Kier alpha value is -4.06. The zero-order valence-electron chi connectivity index (χ0n) is 18.9. The predicted octanol–water partition coefficient (Wildman–Crippen LogP) is 4.64. The third-order valence-electron chi connectivity index (χ3n) is 6.26. The maximum absolute atomic E-state index is 13.3. The Morgan fingerprint density at radius 2 is 1.62 bits per heavy atom. The molecule has 6 heteroatoms. The summed E-state index contributed by atoms with van der Waals surface area (Å²) in [6.45, 7) is 3.18. The summed E-state index contributed by atoms with van der Waals surface area (Å²) < 4.78 is 11.2. The van der Waals surface area contributed by atoms with Crippen LogP contribution in [-0.2, 0) is 22.6 Å². The van der Waals surface area contributed by atoms with Crippen molar-refractivity contribution in [2.45, 2.75) is 25.9 Å². The van der Waals surface area contributed by atoms with E-state index in [-0.39, 0.29) is 17.9 Å². The number of likely N-dealkylation sites (tertiary alicyclic amines) is 1. The lowest BCUT2D eigenvalue weighted by Gasteiger charge is -2.26. The summed E-state index contributed by atoms with van der Waals surface area (Å²) >= 11 is 0. The van der Waals surface area contributed by atoms with Crippen LogP contribution in [-0.4, -0.2) is 34.9 Å². The van der Waals surface area contributed by atoms with Gasteiger partial charge in [-0.15, -0.1) is 0 Å². The fourth-order valence-corrected chi connectivity index (χ4v) is 4.45. The molecule has 1 amide bonds. The average molecular weight is 456 g/mol. The SMILES string of the molecule is CCc1ccc([C@H]2C(=C(O)c3ccc4c(c3)OCCO4)C(=O)C(=O)N2Cc2ccccc2)cc1. The zero-order valence-corrected chi connectivity index (χ0v) is 18.9. The molecule has 0 radical (unpaired) electrons. The molecule has 0 aromatic heterocycles. The van der Waals surface area contributed by atoms with E-state index in [4.69, 9.17) is 9.47 Å². The number of carbonyl (C=O) groups is 2. The first-order valence-electron chi connectivity index (χ1n) is 11.4. The monoisotopic (exact) mass is 455 g/mol. The van der Waals surface area contributed by atoms with Crippen LogP contribution in [0.5, 0.6) is 11.5 Å². The Kier molecular flexibility index (Phi) is 5.80. The molecule has 1 fully saturated rings. The van der Waals surface area contributed by atoms with Crippen molar-refractivity contribution in [2.75, 3.05) is 13.2 Å². The summed E-state index contributed by atoms with van der Waals surface area (Å²) in [4.78, 5) is 28.0. The van der Waals surface area contributed by atoms with Gasteiger partial charge in [-0.25, -0.2) is 0 Å². The second-order valence-electron chi connectivity index (χ2n) is 8.37. The average Bonchev–Trinajstić information content (AvgIpc) is 3.13. The van der Waals surface area contributed by atoms with Crippen molar-refractivity contribution in [1.29, 1.82) is 0 Å². The molecule has 3 aromatic carbocycles. The molecule has 0 bridgehead atoms. The van der Waals surface area contributed by atoms with Gasteiger partial charge in [0.15, 0.2) is 11.5 Å². The van der Waals surface area contributed by atoms with E-state index >= 15 is 0 Å². The number of nitrogens with zero attached hydrogens (tertiary/aromatic N) is 1. The van der Waals surface area contributed by atoms with E-state index in [2.05, 4.69) is 6.92 Å². The molecule has 2 aliphatic heterocycles. The van der Waals surface area contributed by atoms with Crippen LogP contribution < -0.4 is 9.47 Å². The third-order valence-corrected chi connectivity index (χ3v) is 6.26. The summed E-state index contributed by atoms with van der Waals surface area (Å²) in [6, 6.07) is 21.6. The number of aliphatic hydroxyl groups excluding tert-OH is 1. The highest BCUT2D eigenvalue weighted by atomic mass is 16.6. The number of rotatable bonds is 5. The van der Waals surface area contributed by atoms with Gasteiger partial charge in [0.1, 0.15) is 19.0 Å². The second-order valence-corrected chi connectivity index (χ2v) is 8.37. The van der Waals surface area contributed by atoms with E-state index in [0.717, 1.165) is 23.1 Å². The molecule has 1 N–H and O–H groups in total. The standard InChI is InChI=1S/C28H25NO5/c1-2-18-8-10-20(11-9-18)25-24(26(30)21-12-13-22-23(16-21)34-15-14-33-22)27(31)28(32)29(25)17-19-6-4-3-5-7-19/h3-13,16,25,30H,2,14-15,17H2,1H3/t25-/m0/s1. The minimum atomic E-state index is -0.709. The molecule has 6 nitrogen and oxygen atoms in total. The van der Waals surface area contributed by atoms with Gasteiger partial charge >= 0.3 is 0 Å². The van der Waals surface area contributed by atoms with Crippen LogP contribution >= 0.6 is 0 Å². The Morgan fingerprint density at radius 3 is 2.32 bits per heavy atom.